The number of benzene rings is 6. The van der Waals surface area contributed by atoms with Gasteiger partial charge < -0.3 is 4.42 Å². The molecule has 0 fully saturated rings. The topological polar surface area (TPSA) is 75.6 Å². The van der Waals surface area contributed by atoms with Crippen molar-refractivity contribution in [2.24, 2.45) is 0 Å². The largest absolute Gasteiger partial charge is 0.456 e. The molecule has 0 atom stereocenters. The van der Waals surface area contributed by atoms with Crippen molar-refractivity contribution in [2.75, 3.05) is 0 Å². The smallest absolute Gasteiger partial charge is 0.164 e. The molecule has 0 radical (unpaired) electrons. The van der Waals surface area contributed by atoms with Crippen molar-refractivity contribution >= 4 is 21.9 Å². The van der Waals surface area contributed by atoms with Gasteiger partial charge in [-0.1, -0.05) is 115 Å². The summed E-state index contributed by atoms with van der Waals surface area (Å²) in [6.07, 6.45) is 0. The standard InChI is InChI=1S/C40H24N4O/c41-25-26-9-7-14-31(23-26)33-15-8-16-35-37(33)34-22-21-32(24-36(34)45-35)40-43-38(29-12-5-2-6-13-29)42-39(44-40)30-19-17-28(18-20-30)27-10-3-1-4-11-27/h1-24H. The molecule has 6 aromatic carbocycles. The maximum absolute atomic E-state index is 9.45. The maximum Gasteiger partial charge on any atom is 0.164 e. The third-order valence-corrected chi connectivity index (χ3v) is 7.98. The molecule has 0 saturated carbocycles. The van der Waals surface area contributed by atoms with E-state index in [2.05, 4.69) is 54.6 Å². The van der Waals surface area contributed by atoms with Crippen LogP contribution in [0.5, 0.6) is 0 Å². The van der Waals surface area contributed by atoms with Crippen LogP contribution in [0.15, 0.2) is 150 Å². The van der Waals surface area contributed by atoms with Gasteiger partial charge >= 0.3 is 0 Å². The number of nitrogens with zero attached hydrogens (tertiary/aromatic N) is 4. The van der Waals surface area contributed by atoms with E-state index in [4.69, 9.17) is 19.4 Å². The molecular weight excluding hydrogens is 552 g/mol. The Morgan fingerprint density at radius 1 is 0.444 bits per heavy atom. The lowest BCUT2D eigenvalue weighted by Crippen LogP contribution is -2.00. The Balaban J connectivity index is 1.25. The number of hydrogen-bond donors (Lipinski definition) is 0. The van der Waals surface area contributed by atoms with Crippen molar-refractivity contribution in [3.8, 4) is 62.5 Å². The number of nitriles is 1. The van der Waals surface area contributed by atoms with Crippen LogP contribution in [-0.2, 0) is 0 Å². The predicted molar refractivity (Wildman–Crippen MR) is 179 cm³/mol. The van der Waals surface area contributed by atoms with E-state index in [-0.39, 0.29) is 0 Å². The summed E-state index contributed by atoms with van der Waals surface area (Å²) < 4.78 is 6.38. The highest BCUT2D eigenvalue weighted by Gasteiger charge is 2.17. The highest BCUT2D eigenvalue weighted by molar-refractivity contribution is 6.13. The second-order valence-electron chi connectivity index (χ2n) is 10.8. The van der Waals surface area contributed by atoms with E-state index in [0.29, 0.717) is 23.0 Å². The van der Waals surface area contributed by atoms with Crippen LogP contribution in [0.3, 0.4) is 0 Å². The summed E-state index contributed by atoms with van der Waals surface area (Å²) in [5, 5.41) is 11.4. The fourth-order valence-electron chi connectivity index (χ4n) is 5.75. The maximum atomic E-state index is 9.45. The van der Waals surface area contributed by atoms with E-state index in [9.17, 15) is 5.26 Å². The van der Waals surface area contributed by atoms with Crippen LogP contribution in [-0.4, -0.2) is 15.0 Å². The van der Waals surface area contributed by atoms with E-state index < -0.39 is 0 Å². The molecule has 210 valence electrons. The summed E-state index contributed by atoms with van der Waals surface area (Å²) in [6, 6.07) is 50.6. The Morgan fingerprint density at radius 3 is 1.71 bits per heavy atom. The minimum atomic E-state index is 0.565. The van der Waals surface area contributed by atoms with Crippen molar-refractivity contribution < 1.29 is 4.42 Å². The lowest BCUT2D eigenvalue weighted by Gasteiger charge is -2.09. The summed E-state index contributed by atoms with van der Waals surface area (Å²) >= 11 is 0. The van der Waals surface area contributed by atoms with Gasteiger partial charge in [0.05, 0.1) is 11.6 Å². The Labute approximate surface area is 259 Å². The molecule has 0 saturated heterocycles. The van der Waals surface area contributed by atoms with Crippen LogP contribution < -0.4 is 0 Å². The zero-order valence-electron chi connectivity index (χ0n) is 24.1. The highest BCUT2D eigenvalue weighted by atomic mass is 16.3. The molecule has 0 aliphatic rings. The van der Waals surface area contributed by atoms with Gasteiger partial charge in [-0.3, -0.25) is 0 Å². The van der Waals surface area contributed by atoms with E-state index in [1.807, 2.05) is 97.1 Å². The number of fused-ring (bicyclic) bond motifs is 3. The van der Waals surface area contributed by atoms with E-state index in [0.717, 1.165) is 60.9 Å². The van der Waals surface area contributed by atoms with Gasteiger partial charge in [0.15, 0.2) is 17.5 Å². The van der Waals surface area contributed by atoms with Crippen molar-refractivity contribution in [3.63, 3.8) is 0 Å². The lowest BCUT2D eigenvalue weighted by atomic mass is 9.98. The second-order valence-corrected chi connectivity index (χ2v) is 10.8. The van der Waals surface area contributed by atoms with Crippen molar-refractivity contribution in [2.45, 2.75) is 0 Å². The van der Waals surface area contributed by atoms with Crippen molar-refractivity contribution in [1.29, 1.82) is 5.26 Å². The van der Waals surface area contributed by atoms with Gasteiger partial charge in [-0.15, -0.1) is 0 Å². The molecule has 5 nitrogen and oxygen atoms in total. The number of hydrogen-bond acceptors (Lipinski definition) is 5. The molecule has 0 N–H and O–H groups in total. The molecule has 45 heavy (non-hydrogen) atoms. The van der Waals surface area contributed by atoms with Gasteiger partial charge in [-0.05, 0) is 52.6 Å². The number of rotatable bonds is 5. The monoisotopic (exact) mass is 576 g/mol. The zero-order valence-corrected chi connectivity index (χ0v) is 24.1. The Kier molecular flexibility index (Phi) is 6.44. The van der Waals surface area contributed by atoms with E-state index in [1.165, 1.54) is 0 Å². The van der Waals surface area contributed by atoms with E-state index >= 15 is 0 Å². The first-order chi connectivity index (χ1) is 22.2. The average Bonchev–Trinajstić information content (AvgIpc) is 3.50. The summed E-state index contributed by atoms with van der Waals surface area (Å²) in [4.78, 5) is 14.8. The molecule has 5 heteroatoms. The molecule has 2 aromatic heterocycles. The van der Waals surface area contributed by atoms with Crippen LogP contribution in [0.2, 0.25) is 0 Å². The Hall–Kier alpha value is -6.38. The van der Waals surface area contributed by atoms with Crippen LogP contribution in [0.4, 0.5) is 0 Å². The lowest BCUT2D eigenvalue weighted by molar-refractivity contribution is 0.669. The molecule has 0 amide bonds. The van der Waals surface area contributed by atoms with Crippen LogP contribution in [0, 0.1) is 11.3 Å². The van der Waals surface area contributed by atoms with Gasteiger partial charge in [0.25, 0.3) is 0 Å². The van der Waals surface area contributed by atoms with Gasteiger partial charge in [0.2, 0.25) is 0 Å². The molecule has 0 aliphatic heterocycles. The third-order valence-electron chi connectivity index (χ3n) is 7.98. The van der Waals surface area contributed by atoms with Crippen LogP contribution in [0.25, 0.3) is 78.4 Å². The molecule has 0 spiro atoms. The minimum absolute atomic E-state index is 0.565. The first-order valence-corrected chi connectivity index (χ1v) is 14.7. The molecular formula is C40H24N4O. The first-order valence-electron chi connectivity index (χ1n) is 14.7. The normalized spacial score (nSPS) is 11.1. The summed E-state index contributed by atoms with van der Waals surface area (Å²) in [7, 11) is 0. The fourth-order valence-corrected chi connectivity index (χ4v) is 5.75. The molecule has 0 aliphatic carbocycles. The predicted octanol–water partition coefficient (Wildman–Crippen LogP) is 9.98. The molecule has 8 aromatic rings. The van der Waals surface area contributed by atoms with Crippen LogP contribution >= 0.6 is 0 Å². The summed E-state index contributed by atoms with van der Waals surface area (Å²) in [5.41, 5.74) is 9.07. The van der Waals surface area contributed by atoms with Crippen molar-refractivity contribution in [1.82, 2.24) is 15.0 Å². The third kappa shape index (κ3) is 4.91. The van der Waals surface area contributed by atoms with Crippen LogP contribution in [0.1, 0.15) is 5.56 Å². The number of furan rings is 1. The highest BCUT2D eigenvalue weighted by Crippen LogP contribution is 2.38. The zero-order chi connectivity index (χ0) is 30.2. The summed E-state index contributed by atoms with van der Waals surface area (Å²) in [5.74, 6) is 1.77. The fraction of sp³-hybridized carbons (Fsp3) is 0. The quantitative estimate of drug-likeness (QED) is 0.204. The molecule has 8 rings (SSSR count). The molecule has 0 bridgehead atoms. The average molecular weight is 577 g/mol. The van der Waals surface area contributed by atoms with Gasteiger partial charge in [0.1, 0.15) is 11.2 Å². The first kappa shape index (κ1) is 26.3. The van der Waals surface area contributed by atoms with E-state index in [1.54, 1.807) is 0 Å². The van der Waals surface area contributed by atoms with Crippen molar-refractivity contribution in [3.05, 3.63) is 151 Å². The Bertz CT molecular complexity index is 2370. The Morgan fingerprint density at radius 2 is 1.00 bits per heavy atom. The van der Waals surface area contributed by atoms with Gasteiger partial charge in [0, 0.05) is 27.5 Å². The minimum Gasteiger partial charge on any atom is -0.456 e. The number of aromatic nitrogens is 3. The van der Waals surface area contributed by atoms with Gasteiger partial charge in [-0.25, -0.2) is 15.0 Å². The molecule has 2 heterocycles. The summed E-state index contributed by atoms with van der Waals surface area (Å²) in [6.45, 7) is 0. The molecule has 0 unspecified atom stereocenters. The van der Waals surface area contributed by atoms with Gasteiger partial charge in [-0.2, -0.15) is 5.26 Å². The second kappa shape index (κ2) is 11.0. The SMILES string of the molecule is N#Cc1cccc(-c2cccc3oc4cc(-c5nc(-c6ccccc6)nc(-c6ccc(-c7ccccc7)cc6)n5)ccc4c23)c1.